The van der Waals surface area contributed by atoms with Crippen LogP contribution in [0.25, 0.3) is 5.57 Å². The van der Waals surface area contributed by atoms with E-state index < -0.39 is 0 Å². The van der Waals surface area contributed by atoms with Crippen molar-refractivity contribution >= 4 is 11.4 Å². The SMILES string of the molecule is CC(=O)CCCCCN1CCC(c2ccccc2C)=C(C)C1. The Morgan fingerprint density at radius 2 is 1.91 bits per heavy atom. The van der Waals surface area contributed by atoms with Crippen molar-refractivity contribution in [3.63, 3.8) is 0 Å². The number of carbonyl (C=O) groups excluding carboxylic acids is 1. The molecular weight excluding hydrogens is 270 g/mol. The molecule has 0 bridgehead atoms. The van der Waals surface area contributed by atoms with Crippen molar-refractivity contribution in [3.05, 3.63) is 41.0 Å². The van der Waals surface area contributed by atoms with Crippen LogP contribution in [0.15, 0.2) is 29.8 Å². The minimum Gasteiger partial charge on any atom is -0.300 e. The molecular formula is C20H29NO. The first-order valence-electron chi connectivity index (χ1n) is 8.54. The van der Waals surface area contributed by atoms with E-state index in [4.69, 9.17) is 0 Å². The van der Waals surface area contributed by atoms with Crippen LogP contribution in [0.2, 0.25) is 0 Å². The van der Waals surface area contributed by atoms with Crippen molar-refractivity contribution in [2.75, 3.05) is 19.6 Å². The number of Topliss-reactive ketones (excluding diaryl/α,β-unsaturated/α-hetero) is 1. The second kappa shape index (κ2) is 8.28. The molecule has 2 nitrogen and oxygen atoms in total. The largest absolute Gasteiger partial charge is 0.300 e. The first kappa shape index (κ1) is 17.0. The lowest BCUT2D eigenvalue weighted by molar-refractivity contribution is -0.117. The van der Waals surface area contributed by atoms with Crippen LogP contribution >= 0.6 is 0 Å². The summed E-state index contributed by atoms with van der Waals surface area (Å²) in [6.45, 7) is 9.59. The molecule has 22 heavy (non-hydrogen) atoms. The molecule has 1 aromatic rings. The average molecular weight is 299 g/mol. The Balaban J connectivity index is 1.84. The van der Waals surface area contributed by atoms with Crippen molar-refractivity contribution in [2.24, 2.45) is 0 Å². The summed E-state index contributed by atoms with van der Waals surface area (Å²) < 4.78 is 0. The predicted octanol–water partition coefficient (Wildman–Crippen LogP) is 4.62. The van der Waals surface area contributed by atoms with Gasteiger partial charge in [-0.3, -0.25) is 4.90 Å². The molecule has 0 saturated heterocycles. The van der Waals surface area contributed by atoms with Crippen molar-refractivity contribution in [1.29, 1.82) is 0 Å². The number of carbonyl (C=O) groups is 1. The van der Waals surface area contributed by atoms with Gasteiger partial charge in [-0.2, -0.15) is 0 Å². The zero-order valence-corrected chi connectivity index (χ0v) is 14.3. The molecule has 1 aliphatic rings. The lowest BCUT2D eigenvalue weighted by Gasteiger charge is -2.30. The topological polar surface area (TPSA) is 20.3 Å². The van der Waals surface area contributed by atoms with E-state index in [2.05, 4.69) is 43.0 Å². The van der Waals surface area contributed by atoms with Crippen LogP contribution in [0.1, 0.15) is 57.1 Å². The number of unbranched alkanes of at least 4 members (excludes halogenated alkanes) is 2. The Bertz CT molecular complexity index is 544. The van der Waals surface area contributed by atoms with Crippen LogP contribution in [0, 0.1) is 6.92 Å². The Labute approximate surface area is 135 Å². The lowest BCUT2D eigenvalue weighted by atomic mass is 9.91. The van der Waals surface area contributed by atoms with E-state index in [-0.39, 0.29) is 0 Å². The van der Waals surface area contributed by atoms with Crippen molar-refractivity contribution in [3.8, 4) is 0 Å². The second-order valence-corrected chi connectivity index (χ2v) is 6.61. The Morgan fingerprint density at radius 3 is 2.59 bits per heavy atom. The Hall–Kier alpha value is -1.41. The van der Waals surface area contributed by atoms with Crippen LogP contribution in [-0.2, 0) is 4.79 Å². The monoisotopic (exact) mass is 299 g/mol. The van der Waals surface area contributed by atoms with Crippen LogP contribution in [0.4, 0.5) is 0 Å². The maximum atomic E-state index is 10.9. The smallest absolute Gasteiger partial charge is 0.129 e. The number of hydrogen-bond donors (Lipinski definition) is 0. The highest BCUT2D eigenvalue weighted by molar-refractivity contribution is 5.75. The number of nitrogens with zero attached hydrogens (tertiary/aromatic N) is 1. The molecule has 0 N–H and O–H groups in total. The molecule has 0 saturated carbocycles. The third kappa shape index (κ3) is 4.81. The van der Waals surface area contributed by atoms with Crippen molar-refractivity contribution in [1.82, 2.24) is 4.90 Å². The molecule has 0 fully saturated rings. The van der Waals surface area contributed by atoms with E-state index in [0.29, 0.717) is 5.78 Å². The minimum absolute atomic E-state index is 0.319. The van der Waals surface area contributed by atoms with Gasteiger partial charge in [-0.05, 0) is 63.3 Å². The molecule has 0 unspecified atom stereocenters. The number of rotatable bonds is 7. The third-order valence-corrected chi connectivity index (χ3v) is 4.63. The molecule has 0 spiro atoms. The van der Waals surface area contributed by atoms with E-state index in [1.165, 1.54) is 29.5 Å². The lowest BCUT2D eigenvalue weighted by Crippen LogP contribution is -2.31. The summed E-state index contributed by atoms with van der Waals surface area (Å²) in [6.07, 6.45) is 5.33. The van der Waals surface area contributed by atoms with Gasteiger partial charge in [0.2, 0.25) is 0 Å². The molecule has 0 radical (unpaired) electrons. The summed E-state index contributed by atoms with van der Waals surface area (Å²) in [6, 6.07) is 8.72. The number of benzene rings is 1. The van der Waals surface area contributed by atoms with E-state index in [9.17, 15) is 4.79 Å². The van der Waals surface area contributed by atoms with Gasteiger partial charge in [0.1, 0.15) is 5.78 Å². The van der Waals surface area contributed by atoms with E-state index in [1.807, 2.05) is 0 Å². The molecule has 0 aromatic heterocycles. The summed E-state index contributed by atoms with van der Waals surface area (Å²) >= 11 is 0. The summed E-state index contributed by atoms with van der Waals surface area (Å²) in [5.74, 6) is 0.319. The fourth-order valence-corrected chi connectivity index (χ4v) is 3.35. The first-order chi connectivity index (χ1) is 10.6. The average Bonchev–Trinajstić information content (AvgIpc) is 2.48. The number of hydrogen-bond acceptors (Lipinski definition) is 2. The molecule has 0 amide bonds. The predicted molar refractivity (Wildman–Crippen MR) is 94.0 cm³/mol. The minimum atomic E-state index is 0.319. The highest BCUT2D eigenvalue weighted by Crippen LogP contribution is 2.29. The second-order valence-electron chi connectivity index (χ2n) is 6.61. The maximum Gasteiger partial charge on any atom is 0.129 e. The molecule has 1 aromatic carbocycles. The molecule has 120 valence electrons. The zero-order valence-electron chi connectivity index (χ0n) is 14.3. The highest BCUT2D eigenvalue weighted by Gasteiger charge is 2.17. The quantitative estimate of drug-likeness (QED) is 0.684. The molecule has 1 aliphatic heterocycles. The number of aryl methyl sites for hydroxylation is 1. The Kier molecular flexibility index (Phi) is 6.38. The van der Waals surface area contributed by atoms with Crippen molar-refractivity contribution < 1.29 is 4.79 Å². The van der Waals surface area contributed by atoms with Crippen LogP contribution < -0.4 is 0 Å². The summed E-state index contributed by atoms with van der Waals surface area (Å²) in [5, 5.41) is 0. The van der Waals surface area contributed by atoms with Gasteiger partial charge < -0.3 is 4.79 Å². The van der Waals surface area contributed by atoms with Gasteiger partial charge in [0.05, 0.1) is 0 Å². The molecule has 0 atom stereocenters. The third-order valence-electron chi connectivity index (χ3n) is 4.63. The first-order valence-corrected chi connectivity index (χ1v) is 8.54. The van der Waals surface area contributed by atoms with Gasteiger partial charge in [0, 0.05) is 19.5 Å². The van der Waals surface area contributed by atoms with Gasteiger partial charge >= 0.3 is 0 Å². The summed E-state index contributed by atoms with van der Waals surface area (Å²) in [5.41, 5.74) is 5.88. The van der Waals surface area contributed by atoms with Gasteiger partial charge in [0.25, 0.3) is 0 Å². The maximum absolute atomic E-state index is 10.9. The van der Waals surface area contributed by atoms with Crippen LogP contribution in [0.5, 0.6) is 0 Å². The fraction of sp³-hybridized carbons (Fsp3) is 0.550. The molecule has 2 rings (SSSR count). The van der Waals surface area contributed by atoms with E-state index in [1.54, 1.807) is 12.5 Å². The molecule has 1 heterocycles. The van der Waals surface area contributed by atoms with Gasteiger partial charge in [-0.1, -0.05) is 36.3 Å². The van der Waals surface area contributed by atoms with Crippen LogP contribution in [-0.4, -0.2) is 30.3 Å². The fourth-order valence-electron chi connectivity index (χ4n) is 3.35. The zero-order chi connectivity index (χ0) is 15.9. The highest BCUT2D eigenvalue weighted by atomic mass is 16.1. The molecule has 2 heteroatoms. The molecule has 0 aliphatic carbocycles. The van der Waals surface area contributed by atoms with Crippen LogP contribution in [0.3, 0.4) is 0 Å². The summed E-state index contributed by atoms with van der Waals surface area (Å²) in [7, 11) is 0. The standard InChI is InChI=1S/C20H29NO/c1-16-9-6-7-11-19(16)20-12-14-21(15-17(20)2)13-8-4-5-10-18(3)22/h6-7,9,11H,4-5,8,10,12-15H2,1-3H3. The van der Waals surface area contributed by atoms with Crippen molar-refractivity contribution in [2.45, 2.75) is 52.9 Å². The van der Waals surface area contributed by atoms with Gasteiger partial charge in [-0.15, -0.1) is 0 Å². The van der Waals surface area contributed by atoms with E-state index in [0.717, 1.165) is 38.9 Å². The summed E-state index contributed by atoms with van der Waals surface area (Å²) in [4.78, 5) is 13.5. The normalized spacial score (nSPS) is 16.1. The number of ketones is 1. The van der Waals surface area contributed by atoms with E-state index >= 15 is 0 Å². The van der Waals surface area contributed by atoms with Gasteiger partial charge in [-0.25, -0.2) is 0 Å². The Morgan fingerprint density at radius 1 is 1.14 bits per heavy atom. The van der Waals surface area contributed by atoms with Gasteiger partial charge in [0.15, 0.2) is 0 Å².